The SMILES string of the molecule is C=COC(=O)c1ccccc1.O=c1nc2ccnc-2c1=O. The first-order chi connectivity index (χ1) is 10.1. The Kier molecular flexibility index (Phi) is 4.30. The van der Waals surface area contributed by atoms with E-state index in [9.17, 15) is 14.4 Å². The van der Waals surface area contributed by atoms with E-state index in [0.717, 1.165) is 6.26 Å². The highest BCUT2D eigenvalue weighted by atomic mass is 16.5. The van der Waals surface area contributed by atoms with Gasteiger partial charge in [0.05, 0.1) is 17.5 Å². The van der Waals surface area contributed by atoms with Crippen LogP contribution in [-0.4, -0.2) is 15.9 Å². The van der Waals surface area contributed by atoms with Crippen LogP contribution in [0.3, 0.4) is 0 Å². The van der Waals surface area contributed by atoms with Crippen molar-refractivity contribution in [1.29, 1.82) is 0 Å². The van der Waals surface area contributed by atoms with Crippen LogP contribution in [0.25, 0.3) is 11.4 Å². The van der Waals surface area contributed by atoms with Gasteiger partial charge in [0.2, 0.25) is 0 Å². The summed E-state index contributed by atoms with van der Waals surface area (Å²) in [5.41, 5.74) is -0.189. The van der Waals surface area contributed by atoms with Crippen molar-refractivity contribution in [2.75, 3.05) is 0 Å². The van der Waals surface area contributed by atoms with Crippen LogP contribution in [0.4, 0.5) is 0 Å². The minimum atomic E-state index is -0.710. The van der Waals surface area contributed by atoms with Gasteiger partial charge in [0.25, 0.3) is 5.43 Å². The fourth-order valence-corrected chi connectivity index (χ4v) is 1.57. The van der Waals surface area contributed by atoms with E-state index in [4.69, 9.17) is 0 Å². The van der Waals surface area contributed by atoms with E-state index < -0.39 is 11.0 Å². The molecule has 21 heavy (non-hydrogen) atoms. The summed E-state index contributed by atoms with van der Waals surface area (Å²) in [4.78, 5) is 39.3. The largest absolute Gasteiger partial charge is 0.432 e. The number of esters is 1. The molecule has 104 valence electrons. The Morgan fingerprint density at radius 3 is 2.48 bits per heavy atom. The number of rotatable bonds is 2. The summed E-state index contributed by atoms with van der Waals surface area (Å²) >= 11 is 0. The maximum Gasteiger partial charge on any atom is 0.342 e. The predicted octanol–water partition coefficient (Wildman–Crippen LogP) is 1.16. The predicted molar refractivity (Wildman–Crippen MR) is 75.6 cm³/mol. The van der Waals surface area contributed by atoms with Crippen molar-refractivity contribution in [1.82, 2.24) is 9.97 Å². The lowest BCUT2D eigenvalue weighted by molar-refractivity contribution is 0.0664. The average molecular weight is 282 g/mol. The number of nitrogens with zero attached hydrogens (tertiary/aromatic N) is 2. The number of hydrogen-bond donors (Lipinski definition) is 0. The molecule has 0 unspecified atom stereocenters. The zero-order chi connectivity index (χ0) is 15.2. The lowest BCUT2D eigenvalue weighted by Crippen LogP contribution is -2.19. The van der Waals surface area contributed by atoms with Crippen molar-refractivity contribution in [2.45, 2.75) is 0 Å². The molecule has 0 saturated heterocycles. The number of benzene rings is 1. The first-order valence-corrected chi connectivity index (χ1v) is 5.92. The van der Waals surface area contributed by atoms with Crippen molar-refractivity contribution in [2.24, 2.45) is 0 Å². The van der Waals surface area contributed by atoms with Crippen molar-refractivity contribution in [3.8, 4) is 11.4 Å². The molecule has 0 N–H and O–H groups in total. The Bertz CT molecular complexity index is 804. The highest BCUT2D eigenvalue weighted by Crippen LogP contribution is 2.08. The number of ether oxygens (including phenoxy) is 1. The maximum atomic E-state index is 11.0. The van der Waals surface area contributed by atoms with Gasteiger partial charge in [-0.3, -0.25) is 14.6 Å². The van der Waals surface area contributed by atoms with Crippen LogP contribution < -0.4 is 11.0 Å². The quantitative estimate of drug-likeness (QED) is 0.398. The maximum absolute atomic E-state index is 11.0. The van der Waals surface area contributed by atoms with E-state index in [-0.39, 0.29) is 11.7 Å². The van der Waals surface area contributed by atoms with E-state index >= 15 is 0 Å². The molecular formula is C15H10N2O4. The Morgan fingerprint density at radius 1 is 1.14 bits per heavy atom. The number of aromatic nitrogens is 2. The van der Waals surface area contributed by atoms with Crippen LogP contribution in [0.5, 0.6) is 0 Å². The molecule has 0 spiro atoms. The van der Waals surface area contributed by atoms with Crippen LogP contribution in [0, 0.1) is 0 Å². The van der Waals surface area contributed by atoms with Gasteiger partial charge in [-0.1, -0.05) is 24.8 Å². The summed E-state index contributed by atoms with van der Waals surface area (Å²) in [7, 11) is 0. The second-order valence-corrected chi connectivity index (χ2v) is 3.86. The fraction of sp³-hybridized carbons (Fsp3) is 0. The molecule has 0 atom stereocenters. The van der Waals surface area contributed by atoms with Gasteiger partial charge in [0.1, 0.15) is 5.69 Å². The van der Waals surface area contributed by atoms with Crippen LogP contribution >= 0.6 is 0 Å². The molecule has 6 heteroatoms. The third kappa shape index (κ3) is 3.24. The van der Waals surface area contributed by atoms with Crippen LogP contribution in [0.2, 0.25) is 0 Å². The Labute approximate surface area is 119 Å². The average Bonchev–Trinajstić information content (AvgIpc) is 3.05. The lowest BCUT2D eigenvalue weighted by atomic mass is 10.2. The molecule has 0 aliphatic carbocycles. The van der Waals surface area contributed by atoms with E-state index in [0.29, 0.717) is 11.3 Å². The zero-order valence-corrected chi connectivity index (χ0v) is 10.9. The molecule has 0 saturated carbocycles. The van der Waals surface area contributed by atoms with Crippen molar-refractivity contribution in [3.63, 3.8) is 0 Å². The molecule has 0 bridgehead atoms. The van der Waals surface area contributed by atoms with Crippen molar-refractivity contribution >= 4 is 5.97 Å². The van der Waals surface area contributed by atoms with Crippen LogP contribution in [0.1, 0.15) is 10.4 Å². The minimum absolute atomic E-state index is 0.185. The van der Waals surface area contributed by atoms with Gasteiger partial charge in [0, 0.05) is 6.20 Å². The van der Waals surface area contributed by atoms with E-state index in [1.54, 1.807) is 24.3 Å². The van der Waals surface area contributed by atoms with E-state index in [2.05, 4.69) is 21.3 Å². The fourth-order valence-electron chi connectivity index (χ4n) is 1.57. The molecular weight excluding hydrogens is 272 g/mol. The third-order valence-corrected chi connectivity index (χ3v) is 2.51. The first-order valence-electron chi connectivity index (χ1n) is 5.92. The summed E-state index contributed by atoms with van der Waals surface area (Å²) in [6.07, 6.45) is 2.58. The molecule has 1 aromatic carbocycles. The van der Waals surface area contributed by atoms with Gasteiger partial charge >= 0.3 is 11.5 Å². The highest BCUT2D eigenvalue weighted by Gasteiger charge is 2.14. The molecule has 0 amide bonds. The Morgan fingerprint density at radius 2 is 1.86 bits per heavy atom. The number of carbonyl (C=O) groups excluding carboxylic acids is 1. The topological polar surface area (TPSA) is 86.2 Å². The Hall–Kier alpha value is -3.15. The Balaban J connectivity index is 0.000000154. The van der Waals surface area contributed by atoms with E-state index in [1.807, 2.05) is 6.07 Å². The molecule has 1 aromatic rings. The standard InChI is InChI=1S/C9H8O2.C6H2N2O2/c1-2-11-9(10)8-6-4-3-5-7-8;9-5-4-3(1-2-7-4)8-6(5)10/h2-7H,1H2;1-2H. The number of hydrogen-bond acceptors (Lipinski definition) is 6. The molecule has 2 aliphatic rings. The monoisotopic (exact) mass is 282 g/mol. The summed E-state index contributed by atoms with van der Waals surface area (Å²) in [6.45, 7) is 3.28. The summed E-state index contributed by atoms with van der Waals surface area (Å²) in [5.74, 6) is -0.374. The molecule has 2 heterocycles. The van der Waals surface area contributed by atoms with Gasteiger partial charge in [-0.05, 0) is 18.2 Å². The second kappa shape index (κ2) is 6.33. The molecule has 3 rings (SSSR count). The van der Waals surface area contributed by atoms with E-state index in [1.165, 1.54) is 12.3 Å². The summed E-state index contributed by atoms with van der Waals surface area (Å²) in [5, 5.41) is 0. The minimum Gasteiger partial charge on any atom is -0.432 e. The molecule has 0 fully saturated rings. The van der Waals surface area contributed by atoms with Crippen molar-refractivity contribution < 1.29 is 9.53 Å². The number of carbonyl (C=O) groups is 1. The molecule has 6 nitrogen and oxygen atoms in total. The number of fused-ring (bicyclic) bond motifs is 1. The van der Waals surface area contributed by atoms with Gasteiger partial charge in [-0.25, -0.2) is 9.78 Å². The zero-order valence-electron chi connectivity index (χ0n) is 10.9. The first kappa shape index (κ1) is 14.3. The third-order valence-electron chi connectivity index (χ3n) is 2.51. The second-order valence-electron chi connectivity index (χ2n) is 3.86. The molecule has 2 aliphatic heterocycles. The van der Waals surface area contributed by atoms with Crippen LogP contribution in [0.15, 0.2) is 65.0 Å². The normalized spacial score (nSPS) is 9.71. The molecule has 0 radical (unpaired) electrons. The lowest BCUT2D eigenvalue weighted by Gasteiger charge is -1.96. The van der Waals surface area contributed by atoms with Gasteiger partial charge in [-0.15, -0.1) is 0 Å². The van der Waals surface area contributed by atoms with Crippen molar-refractivity contribution in [3.05, 3.63) is 81.6 Å². The van der Waals surface area contributed by atoms with Gasteiger partial charge in [0.15, 0.2) is 0 Å². The summed E-state index contributed by atoms with van der Waals surface area (Å²) in [6, 6.07) is 10.3. The van der Waals surface area contributed by atoms with Gasteiger partial charge < -0.3 is 4.74 Å². The molecule has 0 aromatic heterocycles. The van der Waals surface area contributed by atoms with Gasteiger partial charge in [-0.2, -0.15) is 0 Å². The highest BCUT2D eigenvalue weighted by molar-refractivity contribution is 5.89. The van der Waals surface area contributed by atoms with Crippen LogP contribution in [-0.2, 0) is 4.74 Å². The smallest absolute Gasteiger partial charge is 0.342 e. The summed E-state index contributed by atoms with van der Waals surface area (Å²) < 4.78 is 4.55.